The van der Waals surface area contributed by atoms with Crippen molar-refractivity contribution in [3.63, 3.8) is 0 Å². The van der Waals surface area contributed by atoms with Crippen LogP contribution < -0.4 is 24.3 Å². The molecule has 38 heavy (non-hydrogen) atoms. The Hall–Kier alpha value is -4.18. The number of hydrogen-bond donors (Lipinski definition) is 1. The largest absolute Gasteiger partial charge is 0.494 e. The van der Waals surface area contributed by atoms with Crippen molar-refractivity contribution < 1.29 is 23.7 Å². The Morgan fingerprint density at radius 2 is 1.58 bits per heavy atom. The minimum absolute atomic E-state index is 0.145. The number of methoxy groups -OCH3 is 3. The van der Waals surface area contributed by atoms with Gasteiger partial charge in [0.2, 0.25) is 11.7 Å². The summed E-state index contributed by atoms with van der Waals surface area (Å²) in [5, 5.41) is 12.4. The maximum Gasteiger partial charge on any atom is 0.234 e. The second-order valence-electron chi connectivity index (χ2n) is 8.19. The highest BCUT2D eigenvalue weighted by atomic mass is 32.2. The van der Waals surface area contributed by atoms with Gasteiger partial charge in [0.15, 0.2) is 22.5 Å². The molecule has 10 heteroatoms. The third kappa shape index (κ3) is 6.03. The number of carbonyl (C=O) groups excluding carboxylic acids is 1. The maximum absolute atomic E-state index is 12.7. The smallest absolute Gasteiger partial charge is 0.234 e. The first-order chi connectivity index (χ1) is 18.5. The first kappa shape index (κ1) is 26.9. The number of aromatic nitrogens is 3. The van der Waals surface area contributed by atoms with Crippen LogP contribution in [0.2, 0.25) is 0 Å². The molecule has 0 aliphatic heterocycles. The standard InChI is InChI=1S/C28H30N4O5S/c1-6-37-22-13-9-20(10-14-22)29-25(33)17-38-28-31-30-27(32(28)21-11-7-18(2)8-12-21)19-15-23(34-3)26(36-5)24(16-19)35-4/h7-16H,6,17H2,1-5H3,(H,29,33). The summed E-state index contributed by atoms with van der Waals surface area (Å²) in [5.74, 6) is 2.81. The van der Waals surface area contributed by atoms with Gasteiger partial charge in [0.1, 0.15) is 5.75 Å². The lowest BCUT2D eigenvalue weighted by molar-refractivity contribution is -0.113. The van der Waals surface area contributed by atoms with Gasteiger partial charge >= 0.3 is 0 Å². The van der Waals surface area contributed by atoms with Crippen molar-refractivity contribution in [3.05, 3.63) is 66.2 Å². The van der Waals surface area contributed by atoms with Crippen molar-refractivity contribution in [2.75, 3.05) is 39.0 Å². The van der Waals surface area contributed by atoms with Gasteiger partial charge in [-0.05, 0) is 62.4 Å². The van der Waals surface area contributed by atoms with Gasteiger partial charge in [-0.3, -0.25) is 9.36 Å². The van der Waals surface area contributed by atoms with Gasteiger partial charge in [0.25, 0.3) is 0 Å². The zero-order valence-corrected chi connectivity index (χ0v) is 22.8. The van der Waals surface area contributed by atoms with E-state index in [-0.39, 0.29) is 11.7 Å². The van der Waals surface area contributed by atoms with Crippen molar-refractivity contribution in [3.8, 4) is 40.1 Å². The average molecular weight is 535 g/mol. The van der Waals surface area contributed by atoms with Gasteiger partial charge in [-0.25, -0.2) is 0 Å². The average Bonchev–Trinajstić information content (AvgIpc) is 3.36. The summed E-state index contributed by atoms with van der Waals surface area (Å²) in [6, 6.07) is 18.9. The summed E-state index contributed by atoms with van der Waals surface area (Å²) in [7, 11) is 4.69. The zero-order chi connectivity index (χ0) is 27.1. The van der Waals surface area contributed by atoms with Crippen LogP contribution in [0.4, 0.5) is 5.69 Å². The van der Waals surface area contributed by atoms with E-state index in [1.54, 1.807) is 21.3 Å². The van der Waals surface area contributed by atoms with E-state index in [0.29, 0.717) is 40.5 Å². The molecule has 4 rings (SSSR count). The Kier molecular flexibility index (Phi) is 8.75. The van der Waals surface area contributed by atoms with Gasteiger partial charge in [0.05, 0.1) is 33.7 Å². The molecule has 1 aromatic heterocycles. The second-order valence-corrected chi connectivity index (χ2v) is 9.13. The van der Waals surface area contributed by atoms with E-state index in [9.17, 15) is 4.79 Å². The Bertz CT molecular complexity index is 1360. The number of benzene rings is 3. The summed E-state index contributed by atoms with van der Waals surface area (Å²) in [6.45, 7) is 4.54. The number of ether oxygens (including phenoxy) is 4. The highest BCUT2D eigenvalue weighted by molar-refractivity contribution is 7.99. The fourth-order valence-corrected chi connectivity index (χ4v) is 4.57. The molecule has 1 N–H and O–H groups in total. The highest BCUT2D eigenvalue weighted by Crippen LogP contribution is 2.41. The number of rotatable bonds is 11. The molecule has 0 fully saturated rings. The topological polar surface area (TPSA) is 96.7 Å². The third-order valence-electron chi connectivity index (χ3n) is 5.63. The molecule has 0 saturated heterocycles. The van der Waals surface area contributed by atoms with Crippen molar-refractivity contribution in [2.24, 2.45) is 0 Å². The van der Waals surface area contributed by atoms with Crippen molar-refractivity contribution in [2.45, 2.75) is 19.0 Å². The lowest BCUT2D eigenvalue weighted by Crippen LogP contribution is -2.14. The van der Waals surface area contributed by atoms with Crippen molar-refractivity contribution in [1.29, 1.82) is 0 Å². The molecule has 0 aliphatic rings. The predicted molar refractivity (Wildman–Crippen MR) is 148 cm³/mol. The van der Waals surface area contributed by atoms with Crippen LogP contribution in [0.5, 0.6) is 23.0 Å². The third-order valence-corrected chi connectivity index (χ3v) is 6.56. The van der Waals surface area contributed by atoms with E-state index >= 15 is 0 Å². The molecule has 0 radical (unpaired) electrons. The van der Waals surface area contributed by atoms with Crippen LogP contribution in [0, 0.1) is 6.92 Å². The maximum atomic E-state index is 12.7. The van der Waals surface area contributed by atoms with E-state index in [0.717, 1.165) is 22.6 Å². The van der Waals surface area contributed by atoms with Gasteiger partial charge < -0.3 is 24.3 Å². The molecule has 3 aromatic carbocycles. The van der Waals surface area contributed by atoms with Crippen LogP contribution in [0.25, 0.3) is 17.1 Å². The fraction of sp³-hybridized carbons (Fsp3) is 0.250. The van der Waals surface area contributed by atoms with Gasteiger partial charge in [-0.1, -0.05) is 29.5 Å². The van der Waals surface area contributed by atoms with Gasteiger partial charge in [0, 0.05) is 16.9 Å². The quantitative estimate of drug-likeness (QED) is 0.256. The number of thioether (sulfide) groups is 1. The molecule has 1 amide bonds. The van der Waals surface area contributed by atoms with E-state index in [1.807, 2.05) is 79.1 Å². The Morgan fingerprint density at radius 3 is 2.16 bits per heavy atom. The number of aryl methyl sites for hydroxylation is 1. The number of nitrogens with one attached hydrogen (secondary N) is 1. The van der Waals surface area contributed by atoms with Crippen molar-refractivity contribution in [1.82, 2.24) is 14.8 Å². The summed E-state index contributed by atoms with van der Waals surface area (Å²) < 4.78 is 23.9. The molecular formula is C28H30N4O5S. The Labute approximate surface area is 226 Å². The first-order valence-corrected chi connectivity index (χ1v) is 12.9. The van der Waals surface area contributed by atoms with Crippen LogP contribution in [0.1, 0.15) is 12.5 Å². The summed E-state index contributed by atoms with van der Waals surface area (Å²) in [5.41, 5.74) is 3.40. The minimum atomic E-state index is -0.160. The summed E-state index contributed by atoms with van der Waals surface area (Å²) in [4.78, 5) is 12.7. The molecular weight excluding hydrogens is 504 g/mol. The van der Waals surface area contributed by atoms with E-state index in [2.05, 4.69) is 15.5 Å². The molecule has 4 aromatic rings. The molecule has 0 saturated carbocycles. The zero-order valence-electron chi connectivity index (χ0n) is 22.0. The molecule has 0 aliphatic carbocycles. The monoisotopic (exact) mass is 534 g/mol. The summed E-state index contributed by atoms with van der Waals surface area (Å²) in [6.07, 6.45) is 0. The van der Waals surface area contributed by atoms with Crippen LogP contribution in [-0.2, 0) is 4.79 Å². The number of anilines is 1. The lowest BCUT2D eigenvalue weighted by Gasteiger charge is -2.15. The molecule has 0 atom stereocenters. The molecule has 1 heterocycles. The predicted octanol–water partition coefficient (Wildman–Crippen LogP) is 5.40. The second kappa shape index (κ2) is 12.4. The fourth-order valence-electron chi connectivity index (χ4n) is 3.82. The SMILES string of the molecule is CCOc1ccc(NC(=O)CSc2nnc(-c3cc(OC)c(OC)c(OC)c3)n2-c2ccc(C)cc2)cc1. The minimum Gasteiger partial charge on any atom is -0.494 e. The van der Waals surface area contributed by atoms with E-state index in [1.165, 1.54) is 11.8 Å². The lowest BCUT2D eigenvalue weighted by atomic mass is 10.1. The molecule has 198 valence electrons. The number of amides is 1. The highest BCUT2D eigenvalue weighted by Gasteiger charge is 2.21. The molecule has 0 spiro atoms. The number of hydrogen-bond acceptors (Lipinski definition) is 8. The van der Waals surface area contributed by atoms with Crippen molar-refractivity contribution >= 4 is 23.4 Å². The molecule has 9 nitrogen and oxygen atoms in total. The molecule has 0 unspecified atom stereocenters. The number of nitrogens with zero attached hydrogens (tertiary/aromatic N) is 3. The molecule has 0 bridgehead atoms. The Balaban J connectivity index is 1.63. The van der Waals surface area contributed by atoms with Gasteiger partial charge in [-0.2, -0.15) is 0 Å². The van der Waals surface area contributed by atoms with Crippen LogP contribution in [0.3, 0.4) is 0 Å². The van der Waals surface area contributed by atoms with E-state index in [4.69, 9.17) is 18.9 Å². The van der Waals surface area contributed by atoms with E-state index < -0.39 is 0 Å². The van der Waals surface area contributed by atoms with Gasteiger partial charge in [-0.15, -0.1) is 10.2 Å². The normalized spacial score (nSPS) is 10.7. The van der Waals surface area contributed by atoms with Crippen LogP contribution in [0.15, 0.2) is 65.8 Å². The number of carbonyl (C=O) groups is 1. The van der Waals surface area contributed by atoms with Crippen LogP contribution in [-0.4, -0.2) is 54.4 Å². The summed E-state index contributed by atoms with van der Waals surface area (Å²) >= 11 is 1.29. The first-order valence-electron chi connectivity index (χ1n) is 12.0. The van der Waals surface area contributed by atoms with Crippen LogP contribution >= 0.6 is 11.8 Å². The Morgan fingerprint density at radius 1 is 0.921 bits per heavy atom.